The molecule has 22 heavy (non-hydrogen) atoms. The summed E-state index contributed by atoms with van der Waals surface area (Å²) in [6.07, 6.45) is 0. The Hall–Kier alpha value is -2.50. The van der Waals surface area contributed by atoms with Crippen molar-refractivity contribution in [2.45, 2.75) is 26.3 Å². The van der Waals surface area contributed by atoms with Crippen molar-refractivity contribution in [2.75, 3.05) is 13.2 Å². The number of benzene rings is 1. The number of hydrogen-bond donors (Lipinski definition) is 0. The molecule has 0 spiro atoms. The molecular weight excluding hydrogens is 284 g/mol. The van der Waals surface area contributed by atoms with Gasteiger partial charge >= 0.3 is 11.9 Å². The number of rotatable bonds is 5. The first-order valence-corrected chi connectivity index (χ1v) is 7.12. The smallest absolute Gasteiger partial charge is 0.359 e. The molecule has 1 aromatic carbocycles. The Morgan fingerprint density at radius 1 is 1.05 bits per heavy atom. The first kappa shape index (κ1) is 15.9. The van der Waals surface area contributed by atoms with Gasteiger partial charge in [0.05, 0.1) is 13.2 Å². The zero-order valence-electron chi connectivity index (χ0n) is 12.8. The van der Waals surface area contributed by atoms with Crippen LogP contribution in [0.5, 0.6) is 0 Å². The third kappa shape index (κ3) is 2.77. The van der Waals surface area contributed by atoms with Crippen molar-refractivity contribution < 1.29 is 19.1 Å². The highest BCUT2D eigenvalue weighted by molar-refractivity contribution is 6.02. The van der Waals surface area contributed by atoms with Gasteiger partial charge in [-0.3, -0.25) is 0 Å². The van der Waals surface area contributed by atoms with E-state index in [1.165, 1.54) is 0 Å². The Morgan fingerprint density at radius 3 is 2.23 bits per heavy atom. The molecule has 0 radical (unpaired) electrons. The Balaban J connectivity index is 2.53. The zero-order valence-corrected chi connectivity index (χ0v) is 12.8. The van der Waals surface area contributed by atoms with E-state index < -0.39 is 17.5 Å². The van der Waals surface area contributed by atoms with Crippen LogP contribution in [0.2, 0.25) is 0 Å². The molecule has 116 valence electrons. The van der Waals surface area contributed by atoms with Gasteiger partial charge in [-0.2, -0.15) is 5.11 Å². The SMILES string of the molecule is CCOC(=O)C1=C(C(=O)OCC)[C@](C)(c2ccccc2)N=N1. The van der Waals surface area contributed by atoms with Gasteiger partial charge in [-0.25, -0.2) is 9.59 Å². The second kappa shape index (κ2) is 6.51. The molecule has 0 fully saturated rings. The topological polar surface area (TPSA) is 77.3 Å². The second-order valence-electron chi connectivity index (χ2n) is 4.80. The van der Waals surface area contributed by atoms with E-state index in [-0.39, 0.29) is 24.5 Å². The molecule has 6 nitrogen and oxygen atoms in total. The Kier molecular flexibility index (Phi) is 4.70. The highest BCUT2D eigenvalue weighted by Crippen LogP contribution is 2.41. The van der Waals surface area contributed by atoms with E-state index in [0.717, 1.165) is 5.56 Å². The number of azo groups is 1. The van der Waals surface area contributed by atoms with Gasteiger partial charge in [0.15, 0.2) is 5.70 Å². The van der Waals surface area contributed by atoms with E-state index in [1.54, 1.807) is 20.8 Å². The lowest BCUT2D eigenvalue weighted by Crippen LogP contribution is -2.28. The van der Waals surface area contributed by atoms with E-state index in [2.05, 4.69) is 10.2 Å². The van der Waals surface area contributed by atoms with Gasteiger partial charge in [-0.1, -0.05) is 30.3 Å². The van der Waals surface area contributed by atoms with Gasteiger partial charge < -0.3 is 9.47 Å². The highest BCUT2D eigenvalue weighted by atomic mass is 16.5. The summed E-state index contributed by atoms with van der Waals surface area (Å²) in [6.45, 7) is 5.50. The van der Waals surface area contributed by atoms with Gasteiger partial charge in [0.1, 0.15) is 11.1 Å². The number of nitrogens with zero attached hydrogens (tertiary/aromatic N) is 2. The number of esters is 2. The predicted molar refractivity (Wildman–Crippen MR) is 78.9 cm³/mol. The fourth-order valence-electron chi connectivity index (χ4n) is 2.29. The molecule has 0 saturated carbocycles. The predicted octanol–water partition coefficient (Wildman–Crippen LogP) is 2.75. The fourth-order valence-corrected chi connectivity index (χ4v) is 2.29. The van der Waals surface area contributed by atoms with Crippen molar-refractivity contribution in [1.29, 1.82) is 0 Å². The first-order valence-electron chi connectivity index (χ1n) is 7.12. The molecule has 2 rings (SSSR count). The van der Waals surface area contributed by atoms with Crippen LogP contribution >= 0.6 is 0 Å². The molecular formula is C16H18N2O4. The lowest BCUT2D eigenvalue weighted by atomic mass is 9.84. The molecule has 1 aromatic rings. The van der Waals surface area contributed by atoms with E-state index in [4.69, 9.17) is 9.47 Å². The minimum atomic E-state index is -1.06. The molecule has 0 aromatic heterocycles. The summed E-state index contributed by atoms with van der Waals surface area (Å²) in [5.41, 5.74) is -0.290. The molecule has 0 aliphatic carbocycles. The largest absolute Gasteiger partial charge is 0.462 e. The molecule has 0 N–H and O–H groups in total. The van der Waals surface area contributed by atoms with Crippen LogP contribution < -0.4 is 0 Å². The van der Waals surface area contributed by atoms with Crippen LogP contribution in [0.4, 0.5) is 0 Å². The van der Waals surface area contributed by atoms with Crippen molar-refractivity contribution in [3.63, 3.8) is 0 Å². The summed E-state index contributed by atoms with van der Waals surface area (Å²) in [6, 6.07) is 9.18. The van der Waals surface area contributed by atoms with Crippen molar-refractivity contribution in [3.8, 4) is 0 Å². The summed E-state index contributed by atoms with van der Waals surface area (Å²) in [5.74, 6) is -1.28. The van der Waals surface area contributed by atoms with Crippen LogP contribution in [0.15, 0.2) is 51.8 Å². The Bertz CT molecular complexity index is 637. The monoisotopic (exact) mass is 302 g/mol. The lowest BCUT2D eigenvalue weighted by molar-refractivity contribution is -0.142. The minimum Gasteiger partial charge on any atom is -0.462 e. The molecule has 0 saturated heterocycles. The van der Waals surface area contributed by atoms with Crippen LogP contribution in [0.25, 0.3) is 0 Å². The van der Waals surface area contributed by atoms with E-state index >= 15 is 0 Å². The minimum absolute atomic E-state index is 0.0911. The number of hydrogen-bond acceptors (Lipinski definition) is 6. The first-order chi connectivity index (χ1) is 10.5. The Morgan fingerprint density at radius 2 is 1.64 bits per heavy atom. The maximum atomic E-state index is 12.3. The number of ether oxygens (including phenoxy) is 2. The molecule has 1 aliphatic rings. The molecule has 1 atom stereocenters. The van der Waals surface area contributed by atoms with Crippen molar-refractivity contribution in [3.05, 3.63) is 47.2 Å². The van der Waals surface area contributed by atoms with E-state index in [0.29, 0.717) is 0 Å². The standard InChI is InChI=1S/C16H18N2O4/c1-4-21-14(19)12-13(15(20)22-5-2)17-18-16(12,3)11-9-7-6-8-10-11/h6-10H,4-5H2,1-3H3/t16-/m0/s1. The average Bonchev–Trinajstić information content (AvgIpc) is 2.88. The van der Waals surface area contributed by atoms with Crippen molar-refractivity contribution in [2.24, 2.45) is 10.2 Å². The summed E-state index contributed by atoms with van der Waals surface area (Å²) >= 11 is 0. The second-order valence-corrected chi connectivity index (χ2v) is 4.80. The quantitative estimate of drug-likeness (QED) is 0.784. The van der Waals surface area contributed by atoms with E-state index in [9.17, 15) is 9.59 Å². The summed E-state index contributed by atoms with van der Waals surface area (Å²) < 4.78 is 10.0. The van der Waals surface area contributed by atoms with Gasteiger partial charge in [0.2, 0.25) is 0 Å². The van der Waals surface area contributed by atoms with Gasteiger partial charge in [-0.15, -0.1) is 5.11 Å². The van der Waals surface area contributed by atoms with Gasteiger partial charge in [0, 0.05) is 0 Å². The highest BCUT2D eigenvalue weighted by Gasteiger charge is 2.45. The van der Waals surface area contributed by atoms with Gasteiger partial charge in [-0.05, 0) is 26.3 Å². The Labute approximate surface area is 128 Å². The average molecular weight is 302 g/mol. The third-order valence-corrected chi connectivity index (χ3v) is 3.36. The molecule has 0 unspecified atom stereocenters. The summed E-state index contributed by atoms with van der Waals surface area (Å²) in [7, 11) is 0. The van der Waals surface area contributed by atoms with Crippen LogP contribution in [0.3, 0.4) is 0 Å². The molecule has 1 aliphatic heterocycles. The lowest BCUT2D eigenvalue weighted by Gasteiger charge is -2.22. The van der Waals surface area contributed by atoms with Crippen LogP contribution in [0, 0.1) is 0 Å². The molecule has 0 bridgehead atoms. The van der Waals surface area contributed by atoms with Gasteiger partial charge in [0.25, 0.3) is 0 Å². The third-order valence-electron chi connectivity index (χ3n) is 3.36. The number of carbonyl (C=O) groups excluding carboxylic acids is 2. The summed E-state index contributed by atoms with van der Waals surface area (Å²) in [5, 5.41) is 8.05. The molecule has 0 amide bonds. The van der Waals surface area contributed by atoms with Crippen LogP contribution in [-0.4, -0.2) is 25.2 Å². The van der Waals surface area contributed by atoms with E-state index in [1.807, 2.05) is 30.3 Å². The summed E-state index contributed by atoms with van der Waals surface area (Å²) in [4.78, 5) is 24.4. The number of carbonyl (C=O) groups is 2. The van der Waals surface area contributed by atoms with Crippen molar-refractivity contribution >= 4 is 11.9 Å². The van der Waals surface area contributed by atoms with Crippen LogP contribution in [-0.2, 0) is 24.6 Å². The maximum absolute atomic E-state index is 12.3. The molecule has 6 heteroatoms. The van der Waals surface area contributed by atoms with Crippen molar-refractivity contribution in [1.82, 2.24) is 0 Å². The normalized spacial score (nSPS) is 20.1. The maximum Gasteiger partial charge on any atom is 0.359 e. The molecule has 1 heterocycles. The zero-order chi connectivity index (χ0) is 16.2. The van der Waals surface area contributed by atoms with Crippen LogP contribution in [0.1, 0.15) is 26.3 Å². The fraction of sp³-hybridized carbons (Fsp3) is 0.375.